The van der Waals surface area contributed by atoms with Gasteiger partial charge in [-0.1, -0.05) is 18.9 Å². The molecule has 3 heterocycles. The summed E-state index contributed by atoms with van der Waals surface area (Å²) in [5.41, 5.74) is 4.73. The maximum Gasteiger partial charge on any atom is 0.223 e. The lowest BCUT2D eigenvalue weighted by Gasteiger charge is -2.27. The fourth-order valence-electron chi connectivity index (χ4n) is 4.57. The predicted octanol–water partition coefficient (Wildman–Crippen LogP) is 3.19. The number of nitrogens with zero attached hydrogens (tertiary/aromatic N) is 3. The molecule has 5 rings (SSSR count). The van der Waals surface area contributed by atoms with E-state index in [1.54, 1.807) is 0 Å². The monoisotopic (exact) mass is 377 g/mol. The van der Waals surface area contributed by atoms with Crippen LogP contribution in [0.5, 0.6) is 0 Å². The second-order valence-corrected chi connectivity index (χ2v) is 8.16. The van der Waals surface area contributed by atoms with E-state index in [9.17, 15) is 4.79 Å². The van der Waals surface area contributed by atoms with Crippen LogP contribution in [0.25, 0.3) is 10.9 Å². The van der Waals surface area contributed by atoms with Crippen LogP contribution in [0, 0.1) is 5.92 Å². The van der Waals surface area contributed by atoms with Gasteiger partial charge in [0, 0.05) is 37.3 Å². The molecule has 0 saturated heterocycles. The van der Waals surface area contributed by atoms with E-state index in [1.165, 1.54) is 35.0 Å². The molecule has 2 aromatic heterocycles. The van der Waals surface area contributed by atoms with Crippen LogP contribution in [0.15, 0.2) is 36.5 Å². The van der Waals surface area contributed by atoms with E-state index in [2.05, 4.69) is 50.2 Å². The number of H-pyrrole nitrogens is 1. The van der Waals surface area contributed by atoms with Gasteiger partial charge in [-0.25, -0.2) is 0 Å². The average Bonchev–Trinajstić information content (AvgIpc) is 3.45. The Hall–Kier alpha value is -2.60. The molecule has 6 heteroatoms. The number of hydrogen-bond donors (Lipinski definition) is 2. The van der Waals surface area contributed by atoms with Crippen LogP contribution in [0.4, 0.5) is 0 Å². The molecule has 28 heavy (non-hydrogen) atoms. The van der Waals surface area contributed by atoms with Crippen molar-refractivity contribution in [2.24, 2.45) is 5.92 Å². The zero-order chi connectivity index (χ0) is 18.9. The molecule has 1 saturated carbocycles. The Kier molecular flexibility index (Phi) is 4.64. The average molecular weight is 377 g/mol. The molecule has 0 unspecified atom stereocenters. The van der Waals surface area contributed by atoms with Crippen molar-refractivity contribution in [3.8, 4) is 0 Å². The molecule has 146 valence electrons. The van der Waals surface area contributed by atoms with Crippen LogP contribution >= 0.6 is 0 Å². The van der Waals surface area contributed by atoms with Crippen LogP contribution in [0.1, 0.15) is 42.6 Å². The molecular weight excluding hydrogens is 350 g/mol. The Morgan fingerprint density at radius 3 is 2.96 bits per heavy atom. The van der Waals surface area contributed by atoms with Crippen molar-refractivity contribution in [3.63, 3.8) is 0 Å². The number of fused-ring (bicyclic) bond motifs is 2. The second kappa shape index (κ2) is 7.43. The van der Waals surface area contributed by atoms with Gasteiger partial charge in [-0.05, 0) is 48.1 Å². The summed E-state index contributed by atoms with van der Waals surface area (Å²) in [7, 11) is 0. The minimum absolute atomic E-state index is 0.199. The number of hydrogen-bond acceptors (Lipinski definition) is 3. The van der Waals surface area contributed by atoms with Gasteiger partial charge in [0.2, 0.25) is 5.91 Å². The topological polar surface area (TPSA) is 66.0 Å². The van der Waals surface area contributed by atoms with Crippen molar-refractivity contribution in [1.29, 1.82) is 0 Å². The van der Waals surface area contributed by atoms with Gasteiger partial charge in [0.05, 0.1) is 24.5 Å². The largest absolute Gasteiger partial charge is 0.361 e. The van der Waals surface area contributed by atoms with E-state index >= 15 is 0 Å². The number of carbonyl (C=O) groups is 1. The Morgan fingerprint density at radius 2 is 2.07 bits per heavy atom. The fraction of sp³-hybridized carbons (Fsp3) is 0.455. The first-order chi connectivity index (χ1) is 13.7. The van der Waals surface area contributed by atoms with Gasteiger partial charge >= 0.3 is 0 Å². The SMILES string of the molecule is O=C(NCc1cc2n(n1)CCN(Cc1ccc3[nH]ccc3c1)C2)C1CCCC1. The van der Waals surface area contributed by atoms with Crippen molar-refractivity contribution < 1.29 is 4.79 Å². The van der Waals surface area contributed by atoms with Crippen molar-refractivity contribution in [2.75, 3.05) is 6.54 Å². The zero-order valence-electron chi connectivity index (χ0n) is 16.2. The van der Waals surface area contributed by atoms with E-state index in [4.69, 9.17) is 5.10 Å². The molecule has 6 nitrogen and oxygen atoms in total. The molecule has 1 aliphatic heterocycles. The van der Waals surface area contributed by atoms with Crippen LogP contribution in [-0.4, -0.2) is 32.1 Å². The Labute approximate surface area is 164 Å². The molecule has 0 radical (unpaired) electrons. The fourth-order valence-corrected chi connectivity index (χ4v) is 4.57. The number of nitrogens with one attached hydrogen (secondary N) is 2. The van der Waals surface area contributed by atoms with E-state index in [1.807, 2.05) is 6.20 Å². The normalized spacial score (nSPS) is 17.9. The third-order valence-electron chi connectivity index (χ3n) is 6.12. The first kappa shape index (κ1) is 17.5. The molecule has 2 N–H and O–H groups in total. The number of amides is 1. The van der Waals surface area contributed by atoms with Gasteiger partial charge < -0.3 is 10.3 Å². The minimum Gasteiger partial charge on any atom is -0.361 e. The van der Waals surface area contributed by atoms with Crippen LogP contribution in [-0.2, 0) is 31.0 Å². The van der Waals surface area contributed by atoms with Crippen molar-refractivity contribution in [1.82, 2.24) is 25.0 Å². The van der Waals surface area contributed by atoms with Gasteiger partial charge in [-0.15, -0.1) is 0 Å². The Morgan fingerprint density at radius 1 is 1.18 bits per heavy atom. The predicted molar refractivity (Wildman–Crippen MR) is 108 cm³/mol. The van der Waals surface area contributed by atoms with E-state index in [-0.39, 0.29) is 11.8 Å². The van der Waals surface area contributed by atoms with Crippen molar-refractivity contribution in [3.05, 3.63) is 53.5 Å². The molecule has 1 fully saturated rings. The number of rotatable bonds is 5. The Bertz CT molecular complexity index is 982. The first-order valence-electron chi connectivity index (χ1n) is 10.4. The molecule has 3 aromatic rings. The summed E-state index contributed by atoms with van der Waals surface area (Å²) in [5.74, 6) is 0.412. The van der Waals surface area contributed by atoms with Crippen molar-refractivity contribution >= 4 is 16.8 Å². The van der Waals surface area contributed by atoms with Gasteiger partial charge in [0.1, 0.15) is 0 Å². The number of aromatic amines is 1. The van der Waals surface area contributed by atoms with E-state index in [0.717, 1.165) is 44.7 Å². The minimum atomic E-state index is 0.199. The highest BCUT2D eigenvalue weighted by Gasteiger charge is 2.23. The summed E-state index contributed by atoms with van der Waals surface area (Å²) in [6, 6.07) is 10.9. The molecular formula is C22H27N5O. The smallest absolute Gasteiger partial charge is 0.223 e. The van der Waals surface area contributed by atoms with E-state index in [0.29, 0.717) is 6.54 Å². The van der Waals surface area contributed by atoms with Crippen LogP contribution in [0.2, 0.25) is 0 Å². The van der Waals surface area contributed by atoms with Gasteiger partial charge in [0.25, 0.3) is 0 Å². The molecule has 0 bridgehead atoms. The first-order valence-corrected chi connectivity index (χ1v) is 10.4. The molecule has 1 aliphatic carbocycles. The van der Waals surface area contributed by atoms with Crippen LogP contribution in [0.3, 0.4) is 0 Å². The zero-order valence-corrected chi connectivity index (χ0v) is 16.2. The standard InChI is InChI=1S/C22H27N5O/c28-22(17-3-1-2-4-17)24-13-19-12-20-15-26(9-10-27(20)25-19)14-16-5-6-21-18(11-16)7-8-23-21/h5-8,11-12,17,23H,1-4,9-10,13-15H2,(H,24,28). The lowest BCUT2D eigenvalue weighted by molar-refractivity contribution is -0.124. The highest BCUT2D eigenvalue weighted by atomic mass is 16.1. The second-order valence-electron chi connectivity index (χ2n) is 8.16. The highest BCUT2D eigenvalue weighted by molar-refractivity contribution is 5.80. The summed E-state index contributed by atoms with van der Waals surface area (Å²) in [5, 5.41) is 9.04. The lowest BCUT2D eigenvalue weighted by Crippen LogP contribution is -2.33. The van der Waals surface area contributed by atoms with Gasteiger partial charge in [0.15, 0.2) is 0 Å². The molecule has 0 atom stereocenters. The number of carbonyl (C=O) groups excluding carboxylic acids is 1. The lowest BCUT2D eigenvalue weighted by atomic mass is 10.1. The van der Waals surface area contributed by atoms with Gasteiger partial charge in [-0.3, -0.25) is 14.4 Å². The summed E-state index contributed by atoms with van der Waals surface area (Å²) < 4.78 is 2.10. The summed E-state index contributed by atoms with van der Waals surface area (Å²) in [4.78, 5) is 17.9. The third kappa shape index (κ3) is 3.56. The quantitative estimate of drug-likeness (QED) is 0.718. The molecule has 1 aromatic carbocycles. The summed E-state index contributed by atoms with van der Waals surface area (Å²) in [6.45, 7) is 4.28. The van der Waals surface area contributed by atoms with Crippen molar-refractivity contribution in [2.45, 2.75) is 51.9 Å². The van der Waals surface area contributed by atoms with Crippen LogP contribution < -0.4 is 5.32 Å². The molecule has 0 spiro atoms. The molecule has 1 amide bonds. The summed E-state index contributed by atoms with van der Waals surface area (Å²) >= 11 is 0. The van der Waals surface area contributed by atoms with E-state index < -0.39 is 0 Å². The maximum atomic E-state index is 12.2. The number of aromatic nitrogens is 3. The molecule has 2 aliphatic rings. The summed E-state index contributed by atoms with van der Waals surface area (Å²) in [6.07, 6.45) is 6.43. The number of benzene rings is 1. The maximum absolute atomic E-state index is 12.2. The highest BCUT2D eigenvalue weighted by Crippen LogP contribution is 2.25. The van der Waals surface area contributed by atoms with Gasteiger partial charge in [-0.2, -0.15) is 5.10 Å². The third-order valence-corrected chi connectivity index (χ3v) is 6.12. The Balaban J connectivity index is 1.20.